The number of fused-ring (bicyclic) bond motifs is 7. The Kier molecular flexibility index (Phi) is 6.58. The minimum Gasteiger partial charge on any atom is -0.489 e. The van der Waals surface area contributed by atoms with Gasteiger partial charge in [0.1, 0.15) is 47.1 Å². The summed E-state index contributed by atoms with van der Waals surface area (Å²) >= 11 is 8.15. The number of anilines is 2. The first-order chi connectivity index (χ1) is 22.7. The molecule has 3 N–H and O–H groups in total. The zero-order valence-electron chi connectivity index (χ0n) is 25.5. The van der Waals surface area contributed by atoms with Gasteiger partial charge in [0.05, 0.1) is 27.6 Å². The van der Waals surface area contributed by atoms with Gasteiger partial charge in [-0.3, -0.25) is 4.90 Å². The molecule has 7 heterocycles. The van der Waals surface area contributed by atoms with Gasteiger partial charge in [-0.15, -0.1) is 11.3 Å². The number of aromatic nitrogens is 2. The lowest BCUT2D eigenvalue weighted by Gasteiger charge is -2.40. The van der Waals surface area contributed by atoms with Gasteiger partial charge >= 0.3 is 6.01 Å². The molecule has 0 spiro atoms. The first-order valence-electron chi connectivity index (χ1n) is 16.0. The third-order valence-electron chi connectivity index (χ3n) is 11.1. The second-order valence-electron chi connectivity index (χ2n) is 13.4. The SMILES string of the molecule is CC(Oc1nc2c3c(c(Cl)c(-c4c(F)ccc5sc(N)c(C#N)c45)c(F)c3n1)OC[C@@H]1[C@@H]3CC[C@H](CN21)N3)[C@@]12CCCN1C[C@H](F)C2. The molecule has 5 aliphatic heterocycles. The van der Waals surface area contributed by atoms with Gasteiger partial charge in [0.2, 0.25) is 0 Å². The normalized spacial score (nSPS) is 28.6. The number of thiophene rings is 1. The lowest BCUT2D eigenvalue weighted by Crippen LogP contribution is -2.60. The van der Waals surface area contributed by atoms with E-state index in [4.69, 9.17) is 31.8 Å². The first-order valence-corrected chi connectivity index (χ1v) is 17.2. The zero-order chi connectivity index (χ0) is 32.4. The summed E-state index contributed by atoms with van der Waals surface area (Å²) in [6.45, 7) is 3.88. The molecular weight excluding hydrogens is 651 g/mol. The summed E-state index contributed by atoms with van der Waals surface area (Å²) in [7, 11) is 0. The van der Waals surface area contributed by atoms with Gasteiger partial charge in [-0.05, 0) is 51.3 Å². The number of hydrogen-bond donors (Lipinski definition) is 2. The number of nitriles is 1. The standard InChI is InChI=1S/C33H31ClF3N7O2S/c1-14(33-7-2-8-43(33)11-15(35)9-33)46-32-41-28-25-29(45-13-20-19-5-3-16(40-19)12-44(20)31(25)42-32)26(34)24(27(28)37)23-18(36)4-6-21-22(23)17(10-38)30(39)47-21/h4,6,14-16,19-20,40H,2-3,5,7-9,11-13,39H2,1H3/t14?,15-,16-,19+,20-,33+/m1/s1. The van der Waals surface area contributed by atoms with E-state index in [1.807, 2.05) is 6.92 Å². The zero-order valence-corrected chi connectivity index (χ0v) is 27.0. The summed E-state index contributed by atoms with van der Waals surface area (Å²) in [6.07, 6.45) is 2.55. The van der Waals surface area contributed by atoms with Gasteiger partial charge in [0, 0.05) is 52.8 Å². The fraction of sp³-hybridized carbons (Fsp3) is 0.485. The van der Waals surface area contributed by atoms with Crippen LogP contribution in [0.4, 0.5) is 24.0 Å². The third-order valence-corrected chi connectivity index (χ3v) is 12.4. The molecule has 2 aromatic heterocycles. The summed E-state index contributed by atoms with van der Waals surface area (Å²) in [5, 5.41) is 14.1. The van der Waals surface area contributed by atoms with Crippen molar-refractivity contribution < 1.29 is 22.6 Å². The minimum absolute atomic E-state index is 0.0467. The molecule has 5 aliphatic rings. The summed E-state index contributed by atoms with van der Waals surface area (Å²) in [5.74, 6) is -1.08. The fourth-order valence-corrected chi connectivity index (χ4v) is 10.2. The molecule has 6 atom stereocenters. The first kappa shape index (κ1) is 29.6. The van der Waals surface area contributed by atoms with Gasteiger partial charge in [-0.1, -0.05) is 11.6 Å². The quantitative estimate of drug-likeness (QED) is 0.270. The molecule has 4 aromatic rings. The van der Waals surface area contributed by atoms with E-state index in [0.29, 0.717) is 30.0 Å². The Morgan fingerprint density at radius 3 is 2.91 bits per heavy atom. The van der Waals surface area contributed by atoms with E-state index in [2.05, 4.69) is 26.2 Å². The molecule has 1 unspecified atom stereocenters. The number of hydrogen-bond acceptors (Lipinski definition) is 10. The molecule has 244 valence electrons. The summed E-state index contributed by atoms with van der Waals surface area (Å²) in [4.78, 5) is 13.8. The summed E-state index contributed by atoms with van der Waals surface area (Å²) in [5.41, 5.74) is 5.09. The van der Waals surface area contributed by atoms with Crippen molar-refractivity contribution in [2.45, 2.75) is 75.0 Å². The lowest BCUT2D eigenvalue weighted by atomic mass is 9.88. The van der Waals surface area contributed by atoms with Crippen LogP contribution in [0.2, 0.25) is 5.02 Å². The van der Waals surface area contributed by atoms with Gasteiger partial charge in [-0.2, -0.15) is 15.2 Å². The molecule has 0 amide bonds. The molecule has 4 fully saturated rings. The maximum absolute atomic E-state index is 17.2. The Morgan fingerprint density at radius 1 is 1.23 bits per heavy atom. The highest BCUT2D eigenvalue weighted by molar-refractivity contribution is 7.23. The van der Waals surface area contributed by atoms with Crippen molar-refractivity contribution in [1.82, 2.24) is 20.2 Å². The summed E-state index contributed by atoms with van der Waals surface area (Å²) in [6, 6.07) is 4.92. The number of rotatable bonds is 4. The number of alkyl halides is 1. The number of nitrogens with one attached hydrogen (secondary N) is 1. The average molecular weight is 682 g/mol. The topological polar surface area (TPSA) is 113 Å². The second-order valence-corrected chi connectivity index (χ2v) is 14.9. The lowest BCUT2D eigenvalue weighted by molar-refractivity contribution is 0.0402. The van der Waals surface area contributed by atoms with Crippen LogP contribution < -0.4 is 25.4 Å². The van der Waals surface area contributed by atoms with Crippen LogP contribution >= 0.6 is 22.9 Å². The van der Waals surface area contributed by atoms with Gasteiger partial charge in [0.15, 0.2) is 11.6 Å². The molecular formula is C33H31ClF3N7O2S. The van der Waals surface area contributed by atoms with Crippen LogP contribution in [-0.4, -0.2) is 77.0 Å². The predicted molar refractivity (Wildman–Crippen MR) is 174 cm³/mol. The highest BCUT2D eigenvalue weighted by Gasteiger charge is 2.53. The van der Waals surface area contributed by atoms with Crippen molar-refractivity contribution in [3.8, 4) is 29.0 Å². The molecule has 0 saturated carbocycles. The predicted octanol–water partition coefficient (Wildman–Crippen LogP) is 5.94. The minimum atomic E-state index is -0.954. The van der Waals surface area contributed by atoms with Crippen LogP contribution in [0.15, 0.2) is 12.1 Å². The van der Waals surface area contributed by atoms with E-state index in [1.165, 1.54) is 12.1 Å². The molecule has 9 nitrogen and oxygen atoms in total. The Hall–Kier alpha value is -3.57. The molecule has 2 aromatic carbocycles. The number of piperazine rings is 1. The maximum atomic E-state index is 17.2. The van der Waals surface area contributed by atoms with Crippen LogP contribution in [0.25, 0.3) is 32.1 Å². The monoisotopic (exact) mass is 681 g/mol. The van der Waals surface area contributed by atoms with Crippen LogP contribution in [0.1, 0.15) is 44.6 Å². The van der Waals surface area contributed by atoms with E-state index in [9.17, 15) is 9.65 Å². The molecule has 9 rings (SSSR count). The van der Waals surface area contributed by atoms with Crippen molar-refractivity contribution >= 4 is 54.7 Å². The smallest absolute Gasteiger partial charge is 0.319 e. The van der Waals surface area contributed by atoms with Crippen LogP contribution in [-0.2, 0) is 0 Å². The third kappa shape index (κ3) is 4.14. The Morgan fingerprint density at radius 2 is 2.09 bits per heavy atom. The van der Waals surface area contributed by atoms with Crippen LogP contribution in [0.3, 0.4) is 0 Å². The van der Waals surface area contributed by atoms with Gasteiger partial charge in [-0.25, -0.2) is 13.2 Å². The van der Waals surface area contributed by atoms with E-state index >= 15 is 8.78 Å². The molecule has 14 heteroatoms. The van der Waals surface area contributed by atoms with Crippen LogP contribution in [0.5, 0.6) is 11.8 Å². The average Bonchev–Trinajstić information content (AvgIpc) is 3.77. The fourth-order valence-electron chi connectivity index (χ4n) is 8.94. The molecule has 47 heavy (non-hydrogen) atoms. The van der Waals surface area contributed by atoms with Crippen molar-refractivity contribution in [2.75, 3.05) is 36.9 Å². The van der Waals surface area contributed by atoms with Crippen molar-refractivity contribution in [2.24, 2.45) is 0 Å². The van der Waals surface area contributed by atoms with Gasteiger partial charge in [0.25, 0.3) is 0 Å². The van der Waals surface area contributed by atoms with E-state index in [-0.39, 0.29) is 79.5 Å². The summed E-state index contributed by atoms with van der Waals surface area (Å²) < 4.78 is 61.2. The number of halogens is 4. The molecule has 4 saturated heterocycles. The van der Waals surface area contributed by atoms with E-state index in [1.54, 1.807) is 0 Å². The molecule has 0 radical (unpaired) electrons. The molecule has 2 bridgehead atoms. The van der Waals surface area contributed by atoms with Crippen LogP contribution in [0, 0.1) is 23.0 Å². The highest BCUT2D eigenvalue weighted by atomic mass is 35.5. The van der Waals surface area contributed by atoms with E-state index in [0.717, 1.165) is 43.6 Å². The van der Waals surface area contributed by atoms with Gasteiger partial charge < -0.3 is 25.4 Å². The Labute approximate surface area is 277 Å². The number of benzene rings is 2. The van der Waals surface area contributed by atoms with E-state index < -0.39 is 29.4 Å². The number of ether oxygens (including phenoxy) is 2. The maximum Gasteiger partial charge on any atom is 0.319 e. The second kappa shape index (κ2) is 10.5. The number of nitrogens with zero attached hydrogens (tertiary/aromatic N) is 5. The van der Waals surface area contributed by atoms with Crippen molar-refractivity contribution in [1.29, 1.82) is 5.26 Å². The largest absolute Gasteiger partial charge is 0.489 e. The number of nitrogen functional groups attached to an aromatic ring is 1. The number of nitrogens with two attached hydrogens (primary N) is 1. The Bertz CT molecular complexity index is 2040. The van der Waals surface area contributed by atoms with Crippen molar-refractivity contribution in [3.63, 3.8) is 0 Å². The Balaban J connectivity index is 1.28. The van der Waals surface area contributed by atoms with Crippen molar-refractivity contribution in [3.05, 3.63) is 34.4 Å². The highest BCUT2D eigenvalue weighted by Crippen LogP contribution is 2.52. The molecule has 0 aliphatic carbocycles.